The topological polar surface area (TPSA) is 237 Å². The first-order valence-electron chi connectivity index (χ1n) is 44.0. The lowest BCUT2D eigenvalue weighted by Gasteiger charge is -2.21. The molecule has 0 radical (unpaired) electrons. The lowest BCUT2D eigenvalue weighted by Crippen LogP contribution is -2.30. The molecule has 6 atom stereocenters. The molecule has 0 fully saturated rings. The maximum absolute atomic E-state index is 13.1. The third-order valence-electron chi connectivity index (χ3n) is 20.3. The Kier molecular flexibility index (Phi) is 75.0. The van der Waals surface area contributed by atoms with Gasteiger partial charge < -0.3 is 33.8 Å². The molecule has 0 aromatic heterocycles. The second kappa shape index (κ2) is 76.4. The van der Waals surface area contributed by atoms with Gasteiger partial charge in [0.15, 0.2) is 12.2 Å². The number of esters is 4. The predicted octanol–water partition coefficient (Wildman–Crippen LogP) is 25.8. The lowest BCUT2D eigenvalue weighted by atomic mass is 9.99. The van der Waals surface area contributed by atoms with E-state index in [1.54, 1.807) is 0 Å². The summed E-state index contributed by atoms with van der Waals surface area (Å²) >= 11 is 0. The minimum absolute atomic E-state index is 0.108. The van der Waals surface area contributed by atoms with E-state index in [0.29, 0.717) is 25.7 Å². The predicted molar refractivity (Wildman–Crippen MR) is 428 cm³/mol. The molecule has 104 heavy (non-hydrogen) atoms. The summed E-state index contributed by atoms with van der Waals surface area (Å²) in [7, 11) is -9.93. The molecule has 618 valence electrons. The Labute approximate surface area is 638 Å². The van der Waals surface area contributed by atoms with E-state index >= 15 is 0 Å². The number of phosphoric ester groups is 2. The molecule has 3 unspecified atom stereocenters. The fourth-order valence-electron chi connectivity index (χ4n) is 13.2. The lowest BCUT2D eigenvalue weighted by molar-refractivity contribution is -0.161. The average molecular weight is 1520 g/mol. The molecule has 0 saturated heterocycles. The van der Waals surface area contributed by atoms with Crippen molar-refractivity contribution in [3.8, 4) is 0 Å². The summed E-state index contributed by atoms with van der Waals surface area (Å²) in [5.41, 5.74) is 0. The molecular formula is C85H166O17P2. The molecule has 0 aliphatic carbocycles. The number of aliphatic hydroxyl groups excluding tert-OH is 1. The molecule has 0 aliphatic rings. The van der Waals surface area contributed by atoms with Crippen LogP contribution in [-0.2, 0) is 65.4 Å². The monoisotopic (exact) mass is 1520 g/mol. The molecule has 19 heteroatoms. The summed E-state index contributed by atoms with van der Waals surface area (Å²) in [5, 5.41) is 10.7. The highest BCUT2D eigenvalue weighted by molar-refractivity contribution is 7.47. The van der Waals surface area contributed by atoms with Gasteiger partial charge in [-0.25, -0.2) is 9.13 Å². The van der Waals surface area contributed by atoms with Crippen molar-refractivity contribution in [2.45, 2.75) is 471 Å². The smallest absolute Gasteiger partial charge is 0.462 e. The zero-order valence-corrected chi connectivity index (χ0v) is 70.1. The Morgan fingerprint density at radius 1 is 0.279 bits per heavy atom. The molecule has 0 spiro atoms. The van der Waals surface area contributed by atoms with Crippen molar-refractivity contribution in [3.63, 3.8) is 0 Å². The van der Waals surface area contributed by atoms with Crippen molar-refractivity contribution < 1.29 is 80.2 Å². The number of aliphatic hydroxyl groups is 1. The summed E-state index contributed by atoms with van der Waals surface area (Å²) in [6, 6.07) is 0. The third kappa shape index (κ3) is 76.8. The van der Waals surface area contributed by atoms with Crippen LogP contribution in [0.1, 0.15) is 452 Å². The Bertz CT molecular complexity index is 2000. The van der Waals surface area contributed by atoms with Gasteiger partial charge >= 0.3 is 39.5 Å². The van der Waals surface area contributed by atoms with Gasteiger partial charge in [-0.3, -0.25) is 37.3 Å². The zero-order chi connectivity index (χ0) is 76.4. The number of carbonyl (C=O) groups excluding carboxylic acids is 4. The second-order valence-electron chi connectivity index (χ2n) is 31.3. The summed E-state index contributed by atoms with van der Waals surface area (Å²) in [4.78, 5) is 73.2. The largest absolute Gasteiger partial charge is 0.472 e. The molecule has 0 saturated carbocycles. The van der Waals surface area contributed by atoms with E-state index in [0.717, 1.165) is 102 Å². The maximum atomic E-state index is 13.1. The van der Waals surface area contributed by atoms with Crippen LogP contribution in [0, 0.1) is 11.8 Å². The highest BCUT2D eigenvalue weighted by Gasteiger charge is 2.30. The van der Waals surface area contributed by atoms with E-state index in [1.807, 2.05) is 0 Å². The number of rotatable bonds is 84. The third-order valence-corrected chi connectivity index (χ3v) is 22.2. The highest BCUT2D eigenvalue weighted by atomic mass is 31.2. The molecule has 0 bridgehead atoms. The van der Waals surface area contributed by atoms with Crippen LogP contribution in [-0.4, -0.2) is 96.7 Å². The van der Waals surface area contributed by atoms with Crippen molar-refractivity contribution >= 4 is 39.5 Å². The fraction of sp³-hybridized carbons (Fsp3) is 0.953. The molecule has 0 aromatic rings. The standard InChI is InChI=1S/C85H166O17P2/c1-7-10-12-14-16-18-20-22-24-25-26-27-29-35-39-45-52-58-64-70-85(90)101-80(73-95-82(87)67-61-55-49-43-37-33-31-30-32-36-42-48-54-60-66-78(6)9-3)75-99-103(91,92)97-71-79(86)72-98-104(93,94)100-76-81(74-96-83(88)68-62-56-50-46-40-41-47-53-59-65-77(4)5)102-84(89)69-63-57-51-44-38-34-28-23-21-19-17-15-13-11-8-2/h77-81,86H,7-76H2,1-6H3,(H,91,92)(H,93,94)/t78?,79-,80-,81-/m1/s1. The highest BCUT2D eigenvalue weighted by Crippen LogP contribution is 2.45. The van der Waals surface area contributed by atoms with Crippen LogP contribution in [0.25, 0.3) is 0 Å². The van der Waals surface area contributed by atoms with E-state index in [-0.39, 0.29) is 25.7 Å². The molecule has 0 rings (SSSR count). The first-order valence-corrected chi connectivity index (χ1v) is 47.0. The van der Waals surface area contributed by atoms with Crippen LogP contribution in [0.15, 0.2) is 0 Å². The van der Waals surface area contributed by atoms with Crippen molar-refractivity contribution in [2.24, 2.45) is 11.8 Å². The van der Waals surface area contributed by atoms with Gasteiger partial charge in [0.25, 0.3) is 0 Å². The number of unbranched alkanes of at least 4 members (excludes halogenated alkanes) is 53. The summed E-state index contributed by atoms with van der Waals surface area (Å²) in [5.74, 6) is -0.508. The molecule has 0 heterocycles. The Morgan fingerprint density at radius 2 is 0.490 bits per heavy atom. The van der Waals surface area contributed by atoms with Gasteiger partial charge in [-0.05, 0) is 37.5 Å². The van der Waals surface area contributed by atoms with Gasteiger partial charge in [-0.1, -0.05) is 401 Å². The van der Waals surface area contributed by atoms with E-state index in [1.165, 1.54) is 270 Å². The van der Waals surface area contributed by atoms with Crippen LogP contribution < -0.4 is 0 Å². The number of carbonyl (C=O) groups is 4. The molecule has 0 aromatic carbocycles. The second-order valence-corrected chi connectivity index (χ2v) is 34.2. The van der Waals surface area contributed by atoms with Crippen molar-refractivity contribution in [1.29, 1.82) is 0 Å². The van der Waals surface area contributed by atoms with Crippen LogP contribution in [0.4, 0.5) is 0 Å². The molecular weight excluding hydrogens is 1350 g/mol. The first kappa shape index (κ1) is 102. The number of hydrogen-bond acceptors (Lipinski definition) is 15. The van der Waals surface area contributed by atoms with Gasteiger partial charge in [0.1, 0.15) is 19.3 Å². The fourth-order valence-corrected chi connectivity index (χ4v) is 14.8. The number of hydrogen-bond donors (Lipinski definition) is 3. The van der Waals surface area contributed by atoms with Crippen LogP contribution in [0.2, 0.25) is 0 Å². The first-order chi connectivity index (χ1) is 50.4. The quantitative estimate of drug-likeness (QED) is 0.0222. The minimum atomic E-state index is -4.97. The Hall–Kier alpha value is -1.94. The van der Waals surface area contributed by atoms with Gasteiger partial charge in [-0.15, -0.1) is 0 Å². The molecule has 17 nitrogen and oxygen atoms in total. The Morgan fingerprint density at radius 3 is 0.731 bits per heavy atom. The van der Waals surface area contributed by atoms with E-state index in [2.05, 4.69) is 41.5 Å². The van der Waals surface area contributed by atoms with Gasteiger partial charge in [0, 0.05) is 25.7 Å². The molecule has 0 aliphatic heterocycles. The normalized spacial score (nSPS) is 14.1. The van der Waals surface area contributed by atoms with E-state index in [9.17, 15) is 43.2 Å². The van der Waals surface area contributed by atoms with E-state index in [4.69, 9.17) is 37.0 Å². The average Bonchev–Trinajstić information content (AvgIpc) is 0.905. The van der Waals surface area contributed by atoms with Crippen LogP contribution in [0.3, 0.4) is 0 Å². The number of phosphoric acid groups is 2. The van der Waals surface area contributed by atoms with E-state index < -0.39 is 97.5 Å². The van der Waals surface area contributed by atoms with Crippen molar-refractivity contribution in [3.05, 3.63) is 0 Å². The Balaban J connectivity index is 5.26. The summed E-state index contributed by atoms with van der Waals surface area (Å²) in [6.07, 6.45) is 67.9. The molecule has 0 amide bonds. The minimum Gasteiger partial charge on any atom is -0.462 e. The van der Waals surface area contributed by atoms with Gasteiger partial charge in [-0.2, -0.15) is 0 Å². The maximum Gasteiger partial charge on any atom is 0.472 e. The van der Waals surface area contributed by atoms with Crippen LogP contribution >= 0.6 is 15.6 Å². The summed E-state index contributed by atoms with van der Waals surface area (Å²) in [6.45, 7) is 9.71. The van der Waals surface area contributed by atoms with Gasteiger partial charge in [0.05, 0.1) is 26.4 Å². The zero-order valence-electron chi connectivity index (χ0n) is 68.3. The van der Waals surface area contributed by atoms with Crippen LogP contribution in [0.5, 0.6) is 0 Å². The number of ether oxygens (including phenoxy) is 4. The molecule has 3 N–H and O–H groups in total. The van der Waals surface area contributed by atoms with Gasteiger partial charge in [0.2, 0.25) is 0 Å². The van der Waals surface area contributed by atoms with Crippen molar-refractivity contribution in [2.75, 3.05) is 39.6 Å². The van der Waals surface area contributed by atoms with Crippen molar-refractivity contribution in [1.82, 2.24) is 0 Å². The SMILES string of the molecule is CCCCCCCCCCCCCCCCCCCCCC(=O)O[C@H](COC(=O)CCCCCCCCCCCCCCCCC(C)CC)COP(=O)(O)OC[C@@H](O)COP(=O)(O)OC[C@@H](COC(=O)CCCCCCCCCCCC(C)C)OC(=O)CCCCCCCCCCCCCCCCC. The summed E-state index contributed by atoms with van der Waals surface area (Å²) < 4.78 is 68.9.